The second-order valence-corrected chi connectivity index (χ2v) is 5.64. The number of rotatable bonds is 4. The monoisotopic (exact) mass is 286 g/mol. The van der Waals surface area contributed by atoms with E-state index in [1.54, 1.807) is 24.3 Å². The molecule has 0 atom stereocenters. The minimum Gasteiger partial charge on any atom is -0.325 e. The molecule has 0 saturated carbocycles. The van der Waals surface area contributed by atoms with E-state index < -0.39 is 0 Å². The van der Waals surface area contributed by atoms with Crippen LogP contribution in [0, 0.1) is 11.3 Å². The van der Waals surface area contributed by atoms with Crippen molar-refractivity contribution in [3.63, 3.8) is 0 Å². The van der Waals surface area contributed by atoms with Crippen molar-refractivity contribution in [3.8, 4) is 6.07 Å². The molecule has 1 saturated heterocycles. The highest BCUT2D eigenvalue weighted by Crippen LogP contribution is 2.10. The van der Waals surface area contributed by atoms with Crippen LogP contribution in [0.1, 0.15) is 19.4 Å². The second-order valence-electron chi connectivity index (χ2n) is 5.64. The lowest BCUT2D eigenvalue weighted by molar-refractivity contribution is -0.117. The van der Waals surface area contributed by atoms with Crippen LogP contribution in [0.4, 0.5) is 5.69 Å². The first-order valence-corrected chi connectivity index (χ1v) is 7.35. The molecule has 0 bridgehead atoms. The molecule has 1 amide bonds. The standard InChI is InChI=1S/C16H22N4O/c1-13(2)20-9-7-19(8-10-20)12-16(21)18-15-5-3-14(11-17)4-6-15/h3-6,13H,7-10,12H2,1-2H3,(H,18,21). The maximum absolute atomic E-state index is 12.0. The Balaban J connectivity index is 1.78. The Morgan fingerprint density at radius 2 is 1.86 bits per heavy atom. The van der Waals surface area contributed by atoms with Crippen molar-refractivity contribution in [2.24, 2.45) is 0 Å². The number of piperazine rings is 1. The molecule has 1 aromatic carbocycles. The number of amides is 1. The van der Waals surface area contributed by atoms with E-state index in [-0.39, 0.29) is 5.91 Å². The van der Waals surface area contributed by atoms with Gasteiger partial charge in [0.1, 0.15) is 0 Å². The molecule has 5 heteroatoms. The maximum Gasteiger partial charge on any atom is 0.238 e. The van der Waals surface area contributed by atoms with E-state index in [9.17, 15) is 4.79 Å². The number of anilines is 1. The second kappa shape index (κ2) is 7.21. The molecule has 1 aromatic rings. The van der Waals surface area contributed by atoms with Crippen LogP contribution in [0.5, 0.6) is 0 Å². The van der Waals surface area contributed by atoms with Gasteiger partial charge in [0.2, 0.25) is 5.91 Å². The molecule has 112 valence electrons. The lowest BCUT2D eigenvalue weighted by Crippen LogP contribution is -2.50. The van der Waals surface area contributed by atoms with Crippen LogP contribution in [0.3, 0.4) is 0 Å². The van der Waals surface area contributed by atoms with Gasteiger partial charge in [-0.2, -0.15) is 5.26 Å². The summed E-state index contributed by atoms with van der Waals surface area (Å²) < 4.78 is 0. The van der Waals surface area contributed by atoms with Gasteiger partial charge in [-0.05, 0) is 38.1 Å². The Hall–Kier alpha value is -1.90. The Morgan fingerprint density at radius 1 is 1.24 bits per heavy atom. The molecular weight excluding hydrogens is 264 g/mol. The van der Waals surface area contributed by atoms with Gasteiger partial charge < -0.3 is 5.32 Å². The van der Waals surface area contributed by atoms with E-state index in [0.29, 0.717) is 18.2 Å². The molecule has 0 aromatic heterocycles. The summed E-state index contributed by atoms with van der Waals surface area (Å²) in [6, 6.07) is 9.55. The van der Waals surface area contributed by atoms with Crippen LogP contribution in [0.15, 0.2) is 24.3 Å². The summed E-state index contributed by atoms with van der Waals surface area (Å²) in [5.74, 6) is -0.00213. The highest BCUT2D eigenvalue weighted by Gasteiger charge is 2.20. The molecule has 0 spiro atoms. The smallest absolute Gasteiger partial charge is 0.238 e. The van der Waals surface area contributed by atoms with E-state index in [0.717, 1.165) is 31.9 Å². The van der Waals surface area contributed by atoms with Gasteiger partial charge in [-0.15, -0.1) is 0 Å². The normalized spacial score (nSPS) is 16.7. The third-order valence-corrected chi connectivity index (χ3v) is 3.80. The van der Waals surface area contributed by atoms with Gasteiger partial charge in [-0.25, -0.2) is 0 Å². The first kappa shape index (κ1) is 15.5. The quantitative estimate of drug-likeness (QED) is 0.912. The Bertz CT molecular complexity index is 510. The highest BCUT2D eigenvalue weighted by atomic mass is 16.2. The topological polar surface area (TPSA) is 59.4 Å². The minimum absolute atomic E-state index is 0.00213. The molecule has 0 radical (unpaired) electrons. The van der Waals surface area contributed by atoms with E-state index in [1.165, 1.54) is 0 Å². The van der Waals surface area contributed by atoms with Crippen LogP contribution in [-0.4, -0.2) is 54.5 Å². The molecule has 1 aliphatic rings. The van der Waals surface area contributed by atoms with Gasteiger partial charge in [0.15, 0.2) is 0 Å². The summed E-state index contributed by atoms with van der Waals surface area (Å²) in [6.45, 7) is 8.72. The summed E-state index contributed by atoms with van der Waals surface area (Å²) >= 11 is 0. The number of nitrogens with one attached hydrogen (secondary N) is 1. The first-order chi connectivity index (χ1) is 10.1. The molecule has 1 N–H and O–H groups in total. The lowest BCUT2D eigenvalue weighted by atomic mass is 10.2. The van der Waals surface area contributed by atoms with Gasteiger partial charge >= 0.3 is 0 Å². The van der Waals surface area contributed by atoms with Crippen LogP contribution < -0.4 is 5.32 Å². The van der Waals surface area contributed by atoms with Crippen molar-refractivity contribution in [1.29, 1.82) is 5.26 Å². The van der Waals surface area contributed by atoms with Crippen LogP contribution in [-0.2, 0) is 4.79 Å². The number of nitrogens with zero attached hydrogens (tertiary/aromatic N) is 3. The molecule has 21 heavy (non-hydrogen) atoms. The fourth-order valence-corrected chi connectivity index (χ4v) is 2.47. The molecule has 1 heterocycles. The summed E-state index contributed by atoms with van der Waals surface area (Å²) in [5.41, 5.74) is 1.33. The number of carbonyl (C=O) groups excluding carboxylic acids is 1. The zero-order valence-electron chi connectivity index (χ0n) is 12.7. The fourth-order valence-electron chi connectivity index (χ4n) is 2.47. The predicted molar refractivity (Wildman–Crippen MR) is 82.9 cm³/mol. The summed E-state index contributed by atoms with van der Waals surface area (Å²) in [6.07, 6.45) is 0. The Labute approximate surface area is 126 Å². The molecule has 1 aliphatic heterocycles. The average molecular weight is 286 g/mol. The van der Waals surface area contributed by atoms with Crippen molar-refractivity contribution in [1.82, 2.24) is 9.80 Å². The predicted octanol–water partition coefficient (Wildman–Crippen LogP) is 1.52. The third kappa shape index (κ3) is 4.55. The van der Waals surface area contributed by atoms with Crippen LogP contribution in [0.2, 0.25) is 0 Å². The van der Waals surface area contributed by atoms with E-state index in [1.807, 2.05) is 0 Å². The van der Waals surface area contributed by atoms with E-state index in [4.69, 9.17) is 5.26 Å². The van der Waals surface area contributed by atoms with Gasteiger partial charge in [0, 0.05) is 37.9 Å². The highest BCUT2D eigenvalue weighted by molar-refractivity contribution is 5.92. The summed E-state index contributed by atoms with van der Waals surface area (Å²) in [4.78, 5) is 16.6. The molecule has 0 aliphatic carbocycles. The SMILES string of the molecule is CC(C)N1CCN(CC(=O)Nc2ccc(C#N)cc2)CC1. The number of carbonyl (C=O) groups is 1. The van der Waals surface area contributed by atoms with Gasteiger partial charge in [-0.1, -0.05) is 0 Å². The van der Waals surface area contributed by atoms with Crippen LogP contribution >= 0.6 is 0 Å². The fraction of sp³-hybridized carbons (Fsp3) is 0.500. The zero-order valence-corrected chi connectivity index (χ0v) is 12.7. The molecule has 5 nitrogen and oxygen atoms in total. The largest absolute Gasteiger partial charge is 0.325 e. The van der Waals surface area contributed by atoms with Crippen molar-refractivity contribution in [2.75, 3.05) is 38.0 Å². The van der Waals surface area contributed by atoms with E-state index in [2.05, 4.69) is 35.0 Å². The molecular formula is C16H22N4O. The van der Waals surface area contributed by atoms with Crippen molar-refractivity contribution >= 4 is 11.6 Å². The molecule has 1 fully saturated rings. The Kier molecular flexibility index (Phi) is 5.32. The Morgan fingerprint density at radius 3 is 2.38 bits per heavy atom. The summed E-state index contributed by atoms with van der Waals surface area (Å²) in [7, 11) is 0. The lowest BCUT2D eigenvalue weighted by Gasteiger charge is -2.36. The van der Waals surface area contributed by atoms with Crippen molar-refractivity contribution in [2.45, 2.75) is 19.9 Å². The number of hydrogen-bond donors (Lipinski definition) is 1. The van der Waals surface area contributed by atoms with E-state index >= 15 is 0 Å². The number of hydrogen-bond acceptors (Lipinski definition) is 4. The third-order valence-electron chi connectivity index (χ3n) is 3.80. The first-order valence-electron chi connectivity index (χ1n) is 7.35. The van der Waals surface area contributed by atoms with Gasteiger partial charge in [-0.3, -0.25) is 14.6 Å². The molecule has 0 unspecified atom stereocenters. The summed E-state index contributed by atoms with van der Waals surface area (Å²) in [5, 5.41) is 11.6. The van der Waals surface area contributed by atoms with Crippen molar-refractivity contribution < 1.29 is 4.79 Å². The average Bonchev–Trinajstić information content (AvgIpc) is 2.48. The van der Waals surface area contributed by atoms with Crippen molar-refractivity contribution in [3.05, 3.63) is 29.8 Å². The maximum atomic E-state index is 12.0. The van der Waals surface area contributed by atoms with Gasteiger partial charge in [0.05, 0.1) is 18.2 Å². The number of nitriles is 1. The van der Waals surface area contributed by atoms with Gasteiger partial charge in [0.25, 0.3) is 0 Å². The zero-order chi connectivity index (χ0) is 15.2. The number of benzene rings is 1. The minimum atomic E-state index is -0.00213. The van der Waals surface area contributed by atoms with Crippen LogP contribution in [0.25, 0.3) is 0 Å². The molecule has 2 rings (SSSR count).